The fourth-order valence-corrected chi connectivity index (χ4v) is 3.26. The number of nitrogens with zero attached hydrogens (tertiary/aromatic N) is 1. The number of ether oxygens (including phenoxy) is 2. The number of halogens is 1. The Bertz CT molecular complexity index is 1100. The lowest BCUT2D eigenvalue weighted by molar-refractivity contribution is 0.0469. The van der Waals surface area contributed by atoms with Gasteiger partial charge in [-0.1, -0.05) is 18.2 Å². The molecule has 144 valence electrons. The van der Waals surface area contributed by atoms with Gasteiger partial charge in [-0.2, -0.15) is 0 Å². The van der Waals surface area contributed by atoms with Gasteiger partial charge in [0.25, 0.3) is 0 Å². The molecule has 2 aromatic carbocycles. The van der Waals surface area contributed by atoms with Crippen molar-refractivity contribution in [2.24, 2.45) is 5.14 Å². The van der Waals surface area contributed by atoms with E-state index in [2.05, 4.69) is 20.9 Å². The maximum absolute atomic E-state index is 12.4. The molecule has 0 unspecified atom stereocenters. The third kappa shape index (κ3) is 4.94. The highest BCUT2D eigenvalue weighted by Crippen LogP contribution is 2.26. The minimum absolute atomic E-state index is 0.0529. The summed E-state index contributed by atoms with van der Waals surface area (Å²) >= 11 is 3.21. The number of aromatic nitrogens is 1. The number of benzene rings is 2. The van der Waals surface area contributed by atoms with E-state index in [1.165, 1.54) is 18.2 Å². The van der Waals surface area contributed by atoms with Gasteiger partial charge in [0.2, 0.25) is 10.0 Å². The lowest BCUT2D eigenvalue weighted by atomic mass is 10.2. The summed E-state index contributed by atoms with van der Waals surface area (Å²) in [6, 6.07) is 14.5. The van der Waals surface area contributed by atoms with E-state index >= 15 is 0 Å². The summed E-state index contributed by atoms with van der Waals surface area (Å²) in [5.41, 5.74) is 0.690. The Labute approximate surface area is 170 Å². The van der Waals surface area contributed by atoms with Crippen LogP contribution in [0.25, 0.3) is 0 Å². The Morgan fingerprint density at radius 2 is 1.89 bits per heavy atom. The number of nitrogens with two attached hydrogens (primary N) is 1. The molecule has 0 bridgehead atoms. The Kier molecular flexibility index (Phi) is 6.08. The van der Waals surface area contributed by atoms with Crippen molar-refractivity contribution in [3.63, 3.8) is 0 Å². The third-order valence-corrected chi connectivity index (χ3v) is 5.28. The number of sulfonamides is 1. The van der Waals surface area contributed by atoms with Gasteiger partial charge in [0.15, 0.2) is 0 Å². The zero-order valence-corrected chi connectivity index (χ0v) is 16.8. The lowest BCUT2D eigenvalue weighted by Gasteiger charge is -2.12. The molecule has 0 aliphatic heterocycles. The Hall–Kier alpha value is -2.75. The number of rotatable bonds is 6. The Morgan fingerprint density at radius 3 is 2.61 bits per heavy atom. The van der Waals surface area contributed by atoms with Crippen molar-refractivity contribution in [2.75, 3.05) is 0 Å². The molecule has 0 fully saturated rings. The van der Waals surface area contributed by atoms with Crippen LogP contribution in [0, 0.1) is 0 Å². The number of esters is 1. The van der Waals surface area contributed by atoms with Crippen LogP contribution in [0.1, 0.15) is 15.9 Å². The fraction of sp³-hybridized carbons (Fsp3) is 0.0526. The molecule has 28 heavy (non-hydrogen) atoms. The van der Waals surface area contributed by atoms with Crippen molar-refractivity contribution < 1.29 is 22.7 Å². The van der Waals surface area contributed by atoms with E-state index in [4.69, 9.17) is 14.6 Å². The van der Waals surface area contributed by atoms with Crippen LogP contribution in [0.15, 0.2) is 76.4 Å². The smallest absolute Gasteiger partial charge is 0.339 e. The van der Waals surface area contributed by atoms with Crippen LogP contribution in [0.2, 0.25) is 0 Å². The van der Waals surface area contributed by atoms with E-state index in [-0.39, 0.29) is 17.1 Å². The molecule has 0 aliphatic rings. The summed E-state index contributed by atoms with van der Waals surface area (Å²) in [6.45, 7) is -0.0681. The highest BCUT2D eigenvalue weighted by molar-refractivity contribution is 9.10. The lowest BCUT2D eigenvalue weighted by Crippen LogP contribution is -2.14. The van der Waals surface area contributed by atoms with Crippen LogP contribution in [0.4, 0.5) is 0 Å². The molecular formula is C19H15BrN2O5S. The van der Waals surface area contributed by atoms with Crippen molar-refractivity contribution in [2.45, 2.75) is 11.5 Å². The van der Waals surface area contributed by atoms with Crippen LogP contribution in [-0.4, -0.2) is 19.4 Å². The summed E-state index contributed by atoms with van der Waals surface area (Å²) in [7, 11) is -3.94. The van der Waals surface area contributed by atoms with Gasteiger partial charge in [0.05, 0.1) is 16.7 Å². The SMILES string of the molecule is NS(=O)(=O)c1ccc(Br)c(C(=O)OCc2ccccc2Oc2cccnc2)c1. The molecule has 7 nitrogen and oxygen atoms in total. The second-order valence-corrected chi connectivity index (χ2v) is 8.08. The number of carbonyl (C=O) groups is 1. The number of hydrogen-bond donors (Lipinski definition) is 1. The quantitative estimate of drug-likeness (QED) is 0.560. The first-order valence-electron chi connectivity index (χ1n) is 8.00. The predicted octanol–water partition coefficient (Wildman–Crippen LogP) is 3.64. The zero-order valence-electron chi connectivity index (χ0n) is 14.4. The van der Waals surface area contributed by atoms with Gasteiger partial charge >= 0.3 is 5.97 Å². The molecule has 2 N–H and O–H groups in total. The van der Waals surface area contributed by atoms with Gasteiger partial charge in [-0.25, -0.2) is 18.4 Å². The first kappa shape index (κ1) is 20.0. The van der Waals surface area contributed by atoms with Crippen LogP contribution in [-0.2, 0) is 21.4 Å². The van der Waals surface area contributed by atoms with Crippen LogP contribution in [0.3, 0.4) is 0 Å². The molecule has 0 saturated heterocycles. The predicted molar refractivity (Wildman–Crippen MR) is 105 cm³/mol. The van der Waals surface area contributed by atoms with Crippen molar-refractivity contribution in [3.8, 4) is 11.5 Å². The zero-order chi connectivity index (χ0) is 20.1. The van der Waals surface area contributed by atoms with Gasteiger partial charge in [0, 0.05) is 16.2 Å². The monoisotopic (exact) mass is 462 g/mol. The Morgan fingerprint density at radius 1 is 1.11 bits per heavy atom. The summed E-state index contributed by atoms with van der Waals surface area (Å²) in [5.74, 6) is 0.360. The maximum atomic E-state index is 12.4. The average molecular weight is 463 g/mol. The van der Waals surface area contributed by atoms with Crippen molar-refractivity contribution >= 4 is 31.9 Å². The summed E-state index contributed by atoms with van der Waals surface area (Å²) in [6.07, 6.45) is 3.20. The molecule has 0 radical (unpaired) electrons. The molecule has 0 atom stereocenters. The van der Waals surface area contributed by atoms with Crippen molar-refractivity contribution in [1.82, 2.24) is 4.98 Å². The minimum Gasteiger partial charge on any atom is -0.457 e. The van der Waals surface area contributed by atoms with E-state index in [1.54, 1.807) is 48.8 Å². The van der Waals surface area contributed by atoms with Gasteiger partial charge < -0.3 is 9.47 Å². The van der Waals surface area contributed by atoms with Crippen LogP contribution >= 0.6 is 15.9 Å². The van der Waals surface area contributed by atoms with Crippen molar-refractivity contribution in [1.29, 1.82) is 0 Å². The van der Waals surface area contributed by atoms with E-state index < -0.39 is 16.0 Å². The number of carbonyl (C=O) groups excluding carboxylic acids is 1. The van der Waals surface area contributed by atoms with E-state index in [0.29, 0.717) is 21.5 Å². The topological polar surface area (TPSA) is 109 Å². The molecule has 0 amide bonds. The Balaban J connectivity index is 1.77. The number of pyridine rings is 1. The first-order chi connectivity index (χ1) is 13.3. The van der Waals surface area contributed by atoms with E-state index in [9.17, 15) is 13.2 Å². The van der Waals surface area contributed by atoms with Gasteiger partial charge in [-0.05, 0) is 52.3 Å². The highest BCUT2D eigenvalue weighted by Gasteiger charge is 2.17. The second-order valence-electron chi connectivity index (χ2n) is 5.66. The first-order valence-corrected chi connectivity index (χ1v) is 10.3. The van der Waals surface area contributed by atoms with Gasteiger partial charge in [0.1, 0.15) is 18.1 Å². The fourth-order valence-electron chi connectivity index (χ4n) is 2.32. The van der Waals surface area contributed by atoms with Gasteiger partial charge in [-0.15, -0.1) is 0 Å². The molecule has 0 saturated carbocycles. The highest BCUT2D eigenvalue weighted by atomic mass is 79.9. The molecular weight excluding hydrogens is 448 g/mol. The molecule has 1 aromatic heterocycles. The molecule has 1 heterocycles. The molecule has 9 heteroatoms. The molecule has 3 aromatic rings. The average Bonchev–Trinajstić information content (AvgIpc) is 2.67. The standard InChI is InChI=1S/C19H15BrN2O5S/c20-17-8-7-15(28(21,24)25)10-16(17)19(23)26-12-13-4-1-2-6-18(13)27-14-5-3-9-22-11-14/h1-11H,12H2,(H2,21,24,25). The third-order valence-electron chi connectivity index (χ3n) is 3.68. The molecule has 0 spiro atoms. The molecule has 3 rings (SSSR count). The number of para-hydroxylation sites is 1. The minimum atomic E-state index is -3.94. The van der Waals surface area contributed by atoms with E-state index in [0.717, 1.165) is 0 Å². The number of hydrogen-bond acceptors (Lipinski definition) is 6. The largest absolute Gasteiger partial charge is 0.457 e. The van der Waals surface area contributed by atoms with Gasteiger partial charge in [-0.3, -0.25) is 4.98 Å². The maximum Gasteiger partial charge on any atom is 0.339 e. The van der Waals surface area contributed by atoms with Crippen LogP contribution in [0.5, 0.6) is 11.5 Å². The summed E-state index contributed by atoms with van der Waals surface area (Å²) in [5, 5.41) is 5.12. The summed E-state index contributed by atoms with van der Waals surface area (Å²) < 4.78 is 34.5. The summed E-state index contributed by atoms with van der Waals surface area (Å²) in [4.78, 5) is 16.3. The molecule has 0 aliphatic carbocycles. The van der Waals surface area contributed by atoms with Crippen LogP contribution < -0.4 is 9.88 Å². The second kappa shape index (κ2) is 8.51. The normalized spacial score (nSPS) is 11.1. The van der Waals surface area contributed by atoms with Crippen molar-refractivity contribution in [3.05, 3.63) is 82.6 Å². The van der Waals surface area contributed by atoms with E-state index in [1.807, 2.05) is 0 Å². The number of primary sulfonamides is 1.